The summed E-state index contributed by atoms with van der Waals surface area (Å²) in [6, 6.07) is 11.5. The smallest absolute Gasteiger partial charge is 0.174 e. The average Bonchev–Trinajstić information content (AvgIpc) is 2.81. The van der Waals surface area contributed by atoms with Crippen molar-refractivity contribution in [2.45, 2.75) is 32.2 Å². The van der Waals surface area contributed by atoms with Gasteiger partial charge in [-0.05, 0) is 36.6 Å². The molecule has 108 valence electrons. The van der Waals surface area contributed by atoms with Gasteiger partial charge in [-0.15, -0.1) is 10.2 Å². The fourth-order valence-electron chi connectivity index (χ4n) is 2.70. The molecule has 2 aromatic rings. The minimum absolute atomic E-state index is 0.482. The molecule has 5 heteroatoms. The van der Waals surface area contributed by atoms with Crippen molar-refractivity contribution in [2.75, 3.05) is 0 Å². The highest BCUT2D eigenvalue weighted by atomic mass is 15.3. The third kappa shape index (κ3) is 2.75. The van der Waals surface area contributed by atoms with Gasteiger partial charge in [-0.3, -0.25) is 0 Å². The molecule has 0 amide bonds. The van der Waals surface area contributed by atoms with Crippen LogP contribution in [0, 0.1) is 22.7 Å². The first-order valence-corrected chi connectivity index (χ1v) is 7.36. The van der Waals surface area contributed by atoms with E-state index in [2.05, 4.69) is 26.9 Å². The lowest BCUT2D eigenvalue weighted by molar-refractivity contribution is 0.627. The van der Waals surface area contributed by atoms with Crippen LogP contribution < -0.4 is 0 Å². The van der Waals surface area contributed by atoms with Gasteiger partial charge in [0.1, 0.15) is 11.9 Å². The van der Waals surface area contributed by atoms with Crippen LogP contribution in [0.4, 0.5) is 0 Å². The molecule has 1 aromatic heterocycles. The van der Waals surface area contributed by atoms with Gasteiger partial charge < -0.3 is 4.57 Å². The Hall–Kier alpha value is -2.92. The maximum Gasteiger partial charge on any atom is 0.174 e. The number of aryl methyl sites for hydroxylation is 1. The van der Waals surface area contributed by atoms with Crippen LogP contribution in [0.5, 0.6) is 0 Å². The van der Waals surface area contributed by atoms with Gasteiger partial charge in [0.2, 0.25) is 0 Å². The highest BCUT2D eigenvalue weighted by molar-refractivity contribution is 5.87. The first kappa shape index (κ1) is 14.0. The lowest BCUT2D eigenvalue weighted by Crippen LogP contribution is -2.05. The number of benzene rings is 1. The number of hydrogen-bond acceptors (Lipinski definition) is 4. The van der Waals surface area contributed by atoms with E-state index < -0.39 is 0 Å². The Kier molecular flexibility index (Phi) is 3.98. The lowest BCUT2D eigenvalue weighted by Gasteiger charge is -2.05. The van der Waals surface area contributed by atoms with E-state index >= 15 is 0 Å². The van der Waals surface area contributed by atoms with Crippen molar-refractivity contribution in [3.63, 3.8) is 0 Å². The van der Waals surface area contributed by atoms with Crippen LogP contribution in [-0.2, 0) is 13.0 Å². The van der Waals surface area contributed by atoms with Gasteiger partial charge in [0.05, 0.1) is 17.2 Å². The van der Waals surface area contributed by atoms with E-state index in [9.17, 15) is 5.26 Å². The van der Waals surface area contributed by atoms with Gasteiger partial charge in [-0.25, -0.2) is 0 Å². The number of fused-ring (bicyclic) bond motifs is 1. The first-order chi connectivity index (χ1) is 10.8. The van der Waals surface area contributed by atoms with Crippen molar-refractivity contribution in [1.82, 2.24) is 14.8 Å². The van der Waals surface area contributed by atoms with E-state index in [-0.39, 0.29) is 0 Å². The highest BCUT2D eigenvalue weighted by Crippen LogP contribution is 2.21. The topological polar surface area (TPSA) is 78.3 Å². The average molecular weight is 289 g/mol. The van der Waals surface area contributed by atoms with Crippen molar-refractivity contribution in [3.05, 3.63) is 47.0 Å². The van der Waals surface area contributed by atoms with E-state index in [1.54, 1.807) is 18.2 Å². The van der Waals surface area contributed by atoms with Gasteiger partial charge in [-0.1, -0.05) is 18.6 Å². The van der Waals surface area contributed by atoms with E-state index in [1.807, 2.05) is 12.1 Å². The van der Waals surface area contributed by atoms with Gasteiger partial charge in [0, 0.05) is 13.0 Å². The number of nitrogens with zero attached hydrogens (tertiary/aromatic N) is 5. The van der Waals surface area contributed by atoms with E-state index in [1.165, 1.54) is 6.42 Å². The molecule has 0 unspecified atom stereocenters. The van der Waals surface area contributed by atoms with E-state index in [0.717, 1.165) is 37.2 Å². The molecule has 2 heterocycles. The quantitative estimate of drug-likeness (QED) is 0.796. The Labute approximate surface area is 129 Å². The second-order valence-corrected chi connectivity index (χ2v) is 5.31. The zero-order valence-electron chi connectivity index (χ0n) is 12.2. The number of hydrogen-bond donors (Lipinski definition) is 0. The molecule has 0 spiro atoms. The number of allylic oxidation sites excluding steroid dienone is 1. The summed E-state index contributed by atoms with van der Waals surface area (Å²) in [5.41, 5.74) is 1.88. The van der Waals surface area contributed by atoms with Gasteiger partial charge in [0.15, 0.2) is 5.82 Å². The largest absolute Gasteiger partial charge is 0.310 e. The maximum atomic E-state index is 9.49. The molecular formula is C17H15N5. The summed E-state index contributed by atoms with van der Waals surface area (Å²) in [5.74, 6) is 1.58. The Morgan fingerprint density at radius 2 is 2.09 bits per heavy atom. The summed E-state index contributed by atoms with van der Waals surface area (Å²) in [7, 11) is 0. The van der Waals surface area contributed by atoms with Crippen molar-refractivity contribution in [2.24, 2.45) is 0 Å². The molecule has 0 saturated heterocycles. The molecule has 0 bridgehead atoms. The molecule has 3 rings (SSSR count). The molecule has 0 aliphatic carbocycles. The second-order valence-electron chi connectivity index (χ2n) is 5.31. The molecule has 1 aromatic carbocycles. The standard InChI is InChI=1S/C17H15N5/c18-11-14-6-4-5-13(9-14)10-15(12-19)17-21-20-16-7-2-1-3-8-22(16)17/h4-6,9-10H,1-3,7-8H2/b15-10+. The van der Waals surface area contributed by atoms with Crippen molar-refractivity contribution in [3.8, 4) is 12.1 Å². The van der Waals surface area contributed by atoms with Gasteiger partial charge in [0.25, 0.3) is 0 Å². The fraction of sp³-hybridized carbons (Fsp3) is 0.294. The second kappa shape index (κ2) is 6.24. The summed E-state index contributed by atoms with van der Waals surface area (Å²) in [5, 5.41) is 26.9. The minimum atomic E-state index is 0.482. The molecule has 0 saturated carbocycles. The summed E-state index contributed by atoms with van der Waals surface area (Å²) >= 11 is 0. The third-order valence-corrected chi connectivity index (χ3v) is 3.80. The number of nitriles is 2. The zero-order chi connectivity index (χ0) is 15.4. The lowest BCUT2D eigenvalue weighted by atomic mass is 10.1. The molecule has 0 fully saturated rings. The van der Waals surface area contributed by atoms with E-state index in [0.29, 0.717) is 17.0 Å². The monoisotopic (exact) mass is 289 g/mol. The Morgan fingerprint density at radius 1 is 1.18 bits per heavy atom. The van der Waals surface area contributed by atoms with Gasteiger partial charge in [-0.2, -0.15) is 10.5 Å². The summed E-state index contributed by atoms with van der Waals surface area (Å²) < 4.78 is 2.05. The Balaban J connectivity index is 2.01. The molecule has 0 radical (unpaired) electrons. The van der Waals surface area contributed by atoms with Crippen LogP contribution in [0.15, 0.2) is 24.3 Å². The molecule has 22 heavy (non-hydrogen) atoms. The zero-order valence-corrected chi connectivity index (χ0v) is 12.2. The van der Waals surface area contributed by atoms with Gasteiger partial charge >= 0.3 is 0 Å². The molecule has 0 atom stereocenters. The minimum Gasteiger partial charge on any atom is -0.310 e. The van der Waals surface area contributed by atoms with Crippen molar-refractivity contribution >= 4 is 11.6 Å². The van der Waals surface area contributed by atoms with Crippen LogP contribution in [0.2, 0.25) is 0 Å². The molecule has 5 nitrogen and oxygen atoms in total. The fourth-order valence-corrected chi connectivity index (χ4v) is 2.70. The Morgan fingerprint density at radius 3 is 2.91 bits per heavy atom. The molecule has 1 aliphatic heterocycles. The van der Waals surface area contributed by atoms with Crippen molar-refractivity contribution < 1.29 is 0 Å². The molecular weight excluding hydrogens is 274 g/mol. The number of rotatable bonds is 2. The summed E-state index contributed by atoms with van der Waals surface area (Å²) in [6.07, 6.45) is 6.06. The van der Waals surface area contributed by atoms with Crippen molar-refractivity contribution in [1.29, 1.82) is 10.5 Å². The molecule has 0 N–H and O–H groups in total. The maximum absolute atomic E-state index is 9.49. The van der Waals surface area contributed by atoms with Crippen LogP contribution in [0.3, 0.4) is 0 Å². The highest BCUT2D eigenvalue weighted by Gasteiger charge is 2.17. The van der Waals surface area contributed by atoms with Crippen LogP contribution in [-0.4, -0.2) is 14.8 Å². The predicted molar refractivity (Wildman–Crippen MR) is 82.2 cm³/mol. The predicted octanol–water partition coefficient (Wildman–Crippen LogP) is 2.94. The van der Waals surface area contributed by atoms with Crippen LogP contribution >= 0.6 is 0 Å². The normalized spacial score (nSPS) is 14.5. The summed E-state index contributed by atoms with van der Waals surface area (Å²) in [6.45, 7) is 0.856. The van der Waals surface area contributed by atoms with Crippen LogP contribution in [0.1, 0.15) is 42.0 Å². The van der Waals surface area contributed by atoms with Crippen LogP contribution in [0.25, 0.3) is 11.6 Å². The molecule has 1 aliphatic rings. The summed E-state index contributed by atoms with van der Waals surface area (Å²) in [4.78, 5) is 0. The number of aromatic nitrogens is 3. The van der Waals surface area contributed by atoms with E-state index in [4.69, 9.17) is 5.26 Å². The Bertz CT molecular complexity index is 801. The SMILES string of the molecule is N#C/C(=C\c1cccc(C#N)c1)c1nnc2n1CCCCC2. The first-order valence-electron chi connectivity index (χ1n) is 7.36. The third-order valence-electron chi connectivity index (χ3n) is 3.80.